The molecular weight excluding hydrogens is 188 g/mol. The summed E-state index contributed by atoms with van der Waals surface area (Å²) in [6, 6.07) is 11.1. The lowest BCUT2D eigenvalue weighted by atomic mass is 10.2. The van der Waals surface area contributed by atoms with Crippen molar-refractivity contribution in [2.45, 2.75) is 19.0 Å². The molecule has 0 radical (unpaired) electrons. The minimum absolute atomic E-state index is 0.540. The highest BCUT2D eigenvalue weighted by Crippen LogP contribution is 2.43. The van der Waals surface area contributed by atoms with Gasteiger partial charge in [-0.1, -0.05) is 35.5 Å². The second kappa shape index (κ2) is 3.35. The minimum atomic E-state index is 0.540. The van der Waals surface area contributed by atoms with Crippen molar-refractivity contribution in [3.05, 3.63) is 35.9 Å². The van der Waals surface area contributed by atoms with Crippen molar-refractivity contribution >= 4 is 5.71 Å². The molecule has 3 rings (SSSR count). The molecule has 1 heterocycles. The van der Waals surface area contributed by atoms with E-state index >= 15 is 0 Å². The Kier molecular flexibility index (Phi) is 1.99. The van der Waals surface area contributed by atoms with Gasteiger partial charge in [-0.05, 0) is 12.0 Å². The van der Waals surface area contributed by atoms with Gasteiger partial charge in [0.15, 0.2) is 0 Å². The molecule has 78 valence electrons. The topological polar surface area (TPSA) is 35.8 Å². The lowest BCUT2D eigenvalue weighted by molar-refractivity contribution is 0.297. The van der Waals surface area contributed by atoms with E-state index in [-0.39, 0.29) is 0 Å². The normalized spacial score (nSPS) is 31.9. The summed E-state index contributed by atoms with van der Waals surface area (Å²) in [6.45, 7) is 1.81. The first kappa shape index (κ1) is 8.92. The molecule has 1 aromatic carbocycles. The Labute approximate surface area is 89.0 Å². The summed E-state index contributed by atoms with van der Waals surface area (Å²) in [5, 5.41) is 12.2. The molecular formula is C12H14N2O. The summed E-state index contributed by atoms with van der Waals surface area (Å²) in [5.74, 6) is 0.540. The molecule has 1 saturated heterocycles. The number of benzene rings is 1. The van der Waals surface area contributed by atoms with Gasteiger partial charge in [0.25, 0.3) is 0 Å². The molecule has 3 nitrogen and oxygen atoms in total. The van der Waals surface area contributed by atoms with Crippen molar-refractivity contribution in [3.63, 3.8) is 0 Å². The van der Waals surface area contributed by atoms with E-state index < -0.39 is 0 Å². The van der Waals surface area contributed by atoms with Gasteiger partial charge in [0, 0.05) is 25.0 Å². The first-order valence-corrected chi connectivity index (χ1v) is 5.37. The molecule has 0 spiro atoms. The monoisotopic (exact) mass is 202 g/mol. The minimum Gasteiger partial charge on any atom is -0.411 e. The van der Waals surface area contributed by atoms with Crippen LogP contribution >= 0.6 is 0 Å². The molecule has 0 unspecified atom stereocenters. The predicted octanol–water partition coefficient (Wildman–Crippen LogP) is 1.72. The fraction of sp³-hybridized carbons (Fsp3) is 0.417. The van der Waals surface area contributed by atoms with Gasteiger partial charge in [0.2, 0.25) is 0 Å². The number of rotatable bonds is 2. The zero-order valence-corrected chi connectivity index (χ0v) is 8.50. The van der Waals surface area contributed by atoms with E-state index in [2.05, 4.69) is 34.3 Å². The van der Waals surface area contributed by atoms with Crippen molar-refractivity contribution in [1.29, 1.82) is 0 Å². The van der Waals surface area contributed by atoms with Crippen LogP contribution in [0.5, 0.6) is 0 Å². The first-order chi connectivity index (χ1) is 7.38. The Morgan fingerprint density at radius 3 is 2.80 bits per heavy atom. The molecule has 1 aliphatic carbocycles. The molecule has 0 amide bonds. The van der Waals surface area contributed by atoms with Gasteiger partial charge in [-0.25, -0.2) is 0 Å². The van der Waals surface area contributed by atoms with Crippen molar-refractivity contribution in [2.24, 2.45) is 11.1 Å². The Bertz CT molecular complexity index is 388. The smallest absolute Gasteiger partial charge is 0.0757 e. The largest absolute Gasteiger partial charge is 0.411 e. The maximum atomic E-state index is 8.81. The first-order valence-electron chi connectivity index (χ1n) is 5.37. The zero-order valence-electron chi connectivity index (χ0n) is 8.50. The second-order valence-electron chi connectivity index (χ2n) is 4.39. The standard InChI is InChI=1S/C12H14N2O/c15-13-11-8-14(12-6-10(11)12)7-9-4-2-1-3-5-9/h1-5,10,12,15H,6-8H2/t10-,12-/m1/s1. The second-order valence-corrected chi connectivity index (χ2v) is 4.39. The molecule has 2 fully saturated rings. The Morgan fingerprint density at radius 2 is 2.13 bits per heavy atom. The van der Waals surface area contributed by atoms with E-state index in [1.807, 2.05) is 6.07 Å². The van der Waals surface area contributed by atoms with Crippen LogP contribution in [0.2, 0.25) is 0 Å². The van der Waals surface area contributed by atoms with Crippen LogP contribution in [0.3, 0.4) is 0 Å². The van der Waals surface area contributed by atoms with Crippen molar-refractivity contribution in [3.8, 4) is 0 Å². The van der Waals surface area contributed by atoms with Crippen molar-refractivity contribution < 1.29 is 5.21 Å². The molecule has 1 aromatic rings. The van der Waals surface area contributed by atoms with E-state index in [0.717, 1.165) is 18.8 Å². The summed E-state index contributed by atoms with van der Waals surface area (Å²) in [4.78, 5) is 2.40. The number of hydrogen-bond donors (Lipinski definition) is 1. The summed E-state index contributed by atoms with van der Waals surface area (Å²) >= 11 is 0. The number of fused-ring (bicyclic) bond motifs is 1. The van der Waals surface area contributed by atoms with Gasteiger partial charge in [-0.2, -0.15) is 0 Å². The van der Waals surface area contributed by atoms with Crippen LogP contribution in [0, 0.1) is 5.92 Å². The highest BCUT2D eigenvalue weighted by molar-refractivity contribution is 5.93. The van der Waals surface area contributed by atoms with Crippen LogP contribution in [0.15, 0.2) is 35.5 Å². The fourth-order valence-electron chi connectivity index (χ4n) is 2.48. The van der Waals surface area contributed by atoms with E-state index in [4.69, 9.17) is 5.21 Å². The Hall–Kier alpha value is -1.35. The summed E-state index contributed by atoms with van der Waals surface area (Å²) in [7, 11) is 0. The molecule has 0 aromatic heterocycles. The average Bonchev–Trinajstić information content (AvgIpc) is 3.00. The van der Waals surface area contributed by atoms with E-state index in [1.165, 1.54) is 12.0 Å². The number of oxime groups is 1. The zero-order chi connectivity index (χ0) is 10.3. The van der Waals surface area contributed by atoms with Crippen LogP contribution < -0.4 is 0 Å². The van der Waals surface area contributed by atoms with Crippen LogP contribution in [-0.2, 0) is 6.54 Å². The van der Waals surface area contributed by atoms with Crippen LogP contribution in [0.1, 0.15) is 12.0 Å². The number of likely N-dealkylation sites (tertiary alicyclic amines) is 1. The molecule has 2 aliphatic rings. The van der Waals surface area contributed by atoms with Crippen molar-refractivity contribution in [2.75, 3.05) is 6.54 Å². The van der Waals surface area contributed by atoms with Gasteiger partial charge in [0.1, 0.15) is 0 Å². The molecule has 2 atom stereocenters. The molecule has 1 saturated carbocycles. The van der Waals surface area contributed by atoms with Gasteiger partial charge in [0.05, 0.1) is 5.71 Å². The third-order valence-electron chi connectivity index (χ3n) is 3.38. The van der Waals surface area contributed by atoms with E-state index in [9.17, 15) is 0 Å². The maximum absolute atomic E-state index is 8.81. The highest BCUT2D eigenvalue weighted by atomic mass is 16.4. The Morgan fingerprint density at radius 1 is 1.33 bits per heavy atom. The molecule has 0 bridgehead atoms. The van der Waals surface area contributed by atoms with Crippen LogP contribution in [-0.4, -0.2) is 28.4 Å². The quantitative estimate of drug-likeness (QED) is 0.585. The average molecular weight is 202 g/mol. The third kappa shape index (κ3) is 1.53. The predicted molar refractivity (Wildman–Crippen MR) is 58.0 cm³/mol. The van der Waals surface area contributed by atoms with Crippen LogP contribution in [0.4, 0.5) is 0 Å². The number of hydrogen-bond acceptors (Lipinski definition) is 3. The molecule has 3 heteroatoms. The Balaban J connectivity index is 1.71. The maximum Gasteiger partial charge on any atom is 0.0757 e. The third-order valence-corrected chi connectivity index (χ3v) is 3.38. The van der Waals surface area contributed by atoms with Gasteiger partial charge >= 0.3 is 0 Å². The van der Waals surface area contributed by atoms with Crippen LogP contribution in [0.25, 0.3) is 0 Å². The summed E-state index contributed by atoms with van der Waals surface area (Å²) < 4.78 is 0. The summed E-state index contributed by atoms with van der Waals surface area (Å²) in [6.07, 6.45) is 1.17. The summed E-state index contributed by atoms with van der Waals surface area (Å²) in [5.41, 5.74) is 2.30. The number of nitrogens with zero attached hydrogens (tertiary/aromatic N) is 2. The lowest BCUT2D eigenvalue weighted by Crippen LogP contribution is -2.24. The molecule has 15 heavy (non-hydrogen) atoms. The van der Waals surface area contributed by atoms with Crippen molar-refractivity contribution in [1.82, 2.24) is 4.90 Å². The van der Waals surface area contributed by atoms with Gasteiger partial charge in [-0.3, -0.25) is 4.90 Å². The SMILES string of the molecule is ON=C1CN(Cc2ccccc2)[C@@H]2C[C@H]12. The molecule has 1 aliphatic heterocycles. The fourth-order valence-corrected chi connectivity index (χ4v) is 2.48. The van der Waals surface area contributed by atoms with E-state index in [1.54, 1.807) is 0 Å². The lowest BCUT2D eigenvalue weighted by Gasteiger charge is -2.16. The molecule has 1 N–H and O–H groups in total. The van der Waals surface area contributed by atoms with E-state index in [0.29, 0.717) is 12.0 Å². The van der Waals surface area contributed by atoms with Gasteiger partial charge in [-0.15, -0.1) is 0 Å². The van der Waals surface area contributed by atoms with Gasteiger partial charge < -0.3 is 5.21 Å². The number of piperidine rings is 1. The highest BCUT2D eigenvalue weighted by Gasteiger charge is 2.51.